The van der Waals surface area contributed by atoms with Crippen LogP contribution in [-0.2, 0) is 13.2 Å². The molecule has 0 aliphatic rings. The number of halogens is 2. The molecular weight excluding hydrogens is 462 g/mol. The third-order valence-corrected chi connectivity index (χ3v) is 4.71. The van der Waals surface area contributed by atoms with Gasteiger partial charge < -0.3 is 21.1 Å². The number of nitrogens with zero attached hydrogens (tertiary/aromatic N) is 2. The summed E-state index contributed by atoms with van der Waals surface area (Å²) in [6.07, 6.45) is 0. The van der Waals surface area contributed by atoms with Crippen molar-refractivity contribution >= 4 is 39.3 Å². The van der Waals surface area contributed by atoms with Crippen LogP contribution >= 0.6 is 27.5 Å². The number of ether oxygens (including phenoxy) is 1. The van der Waals surface area contributed by atoms with Gasteiger partial charge in [0.05, 0.1) is 0 Å². The van der Waals surface area contributed by atoms with Crippen molar-refractivity contribution in [3.05, 3.63) is 68.8 Å². The average molecular weight is 481 g/mol. The Bertz CT molecular complexity index is 965. The van der Waals surface area contributed by atoms with Crippen LogP contribution in [0.2, 0.25) is 5.02 Å². The largest absolute Gasteiger partial charge is 0.489 e. The topological polar surface area (TPSA) is 115 Å². The van der Waals surface area contributed by atoms with Crippen LogP contribution < -0.4 is 21.1 Å². The van der Waals surface area contributed by atoms with Crippen LogP contribution in [0, 0.1) is 0 Å². The third-order valence-electron chi connectivity index (χ3n) is 3.96. The Hall–Kier alpha value is -2.62. The SMILES string of the molecule is Nc1nonc1C(=O)NCCNCc1cc(Br)ccc1OCc1ccc(Cl)cc1. The Balaban J connectivity index is 1.48. The van der Waals surface area contributed by atoms with Gasteiger partial charge in [0, 0.05) is 34.7 Å². The highest BCUT2D eigenvalue weighted by atomic mass is 79.9. The van der Waals surface area contributed by atoms with Gasteiger partial charge in [-0.15, -0.1) is 0 Å². The highest BCUT2D eigenvalue weighted by molar-refractivity contribution is 9.10. The molecule has 152 valence electrons. The number of carbonyl (C=O) groups is 1. The molecule has 10 heteroatoms. The number of benzene rings is 2. The van der Waals surface area contributed by atoms with Crippen LogP contribution in [0.15, 0.2) is 51.6 Å². The molecule has 0 aliphatic heterocycles. The highest BCUT2D eigenvalue weighted by Crippen LogP contribution is 2.24. The van der Waals surface area contributed by atoms with Crippen molar-refractivity contribution < 1.29 is 14.2 Å². The van der Waals surface area contributed by atoms with Crippen LogP contribution in [-0.4, -0.2) is 29.3 Å². The number of nitrogens with two attached hydrogens (primary N) is 1. The van der Waals surface area contributed by atoms with Gasteiger partial charge in [0.1, 0.15) is 12.4 Å². The first-order valence-corrected chi connectivity index (χ1v) is 9.92. The first kappa shape index (κ1) is 21.1. The van der Waals surface area contributed by atoms with Gasteiger partial charge in [-0.3, -0.25) is 4.79 Å². The monoisotopic (exact) mass is 479 g/mol. The van der Waals surface area contributed by atoms with E-state index in [0.29, 0.717) is 31.3 Å². The van der Waals surface area contributed by atoms with Crippen LogP contribution in [0.25, 0.3) is 0 Å². The zero-order valence-corrected chi connectivity index (χ0v) is 17.7. The van der Waals surface area contributed by atoms with Gasteiger partial charge in [-0.25, -0.2) is 4.63 Å². The molecule has 1 heterocycles. The second-order valence-corrected chi connectivity index (χ2v) is 7.45. The zero-order chi connectivity index (χ0) is 20.6. The number of nitrogen functional groups attached to an aromatic ring is 1. The minimum Gasteiger partial charge on any atom is -0.489 e. The molecule has 8 nitrogen and oxygen atoms in total. The van der Waals surface area contributed by atoms with Crippen LogP contribution in [0.4, 0.5) is 5.82 Å². The first-order chi connectivity index (χ1) is 14.0. The fourth-order valence-corrected chi connectivity index (χ4v) is 3.03. The maximum absolute atomic E-state index is 11.9. The van der Waals surface area contributed by atoms with E-state index in [1.54, 1.807) is 0 Å². The predicted octanol–water partition coefficient (Wildman–Crippen LogP) is 3.17. The van der Waals surface area contributed by atoms with E-state index in [1.807, 2.05) is 42.5 Å². The minimum atomic E-state index is -0.431. The molecule has 0 bridgehead atoms. The van der Waals surface area contributed by atoms with Crippen molar-refractivity contribution in [2.75, 3.05) is 18.8 Å². The lowest BCUT2D eigenvalue weighted by Crippen LogP contribution is -2.32. The molecule has 0 atom stereocenters. The summed E-state index contributed by atoms with van der Waals surface area (Å²) in [6, 6.07) is 13.4. The quantitative estimate of drug-likeness (QED) is 0.403. The summed E-state index contributed by atoms with van der Waals surface area (Å²) in [7, 11) is 0. The summed E-state index contributed by atoms with van der Waals surface area (Å²) < 4.78 is 11.3. The fourth-order valence-electron chi connectivity index (χ4n) is 2.49. The van der Waals surface area contributed by atoms with E-state index in [4.69, 9.17) is 22.1 Å². The fraction of sp³-hybridized carbons (Fsp3) is 0.211. The van der Waals surface area contributed by atoms with E-state index in [0.717, 1.165) is 21.3 Å². The lowest BCUT2D eigenvalue weighted by Gasteiger charge is -2.13. The Labute approximate surface area is 180 Å². The highest BCUT2D eigenvalue weighted by Gasteiger charge is 2.15. The second kappa shape index (κ2) is 10.2. The van der Waals surface area contributed by atoms with E-state index >= 15 is 0 Å². The van der Waals surface area contributed by atoms with Crippen LogP contribution in [0.5, 0.6) is 5.75 Å². The molecule has 1 amide bonds. The molecule has 1 aromatic heterocycles. The molecule has 3 rings (SSSR count). The van der Waals surface area contributed by atoms with Crippen molar-refractivity contribution in [1.82, 2.24) is 20.9 Å². The number of rotatable bonds is 9. The summed E-state index contributed by atoms with van der Waals surface area (Å²) in [5, 5.41) is 13.5. The number of amides is 1. The zero-order valence-electron chi connectivity index (χ0n) is 15.3. The molecule has 29 heavy (non-hydrogen) atoms. The Morgan fingerprint density at radius 3 is 2.69 bits per heavy atom. The number of hydrogen-bond donors (Lipinski definition) is 3. The number of hydrogen-bond acceptors (Lipinski definition) is 7. The molecule has 0 radical (unpaired) electrons. The molecule has 0 saturated heterocycles. The van der Waals surface area contributed by atoms with E-state index in [1.165, 1.54) is 0 Å². The van der Waals surface area contributed by atoms with Crippen molar-refractivity contribution in [1.29, 1.82) is 0 Å². The summed E-state index contributed by atoms with van der Waals surface area (Å²) in [5.41, 5.74) is 7.49. The van der Waals surface area contributed by atoms with Crippen molar-refractivity contribution in [3.63, 3.8) is 0 Å². The maximum atomic E-state index is 11.9. The molecule has 2 aromatic carbocycles. The lowest BCUT2D eigenvalue weighted by atomic mass is 10.2. The molecular formula is C19H19BrClN5O3. The van der Waals surface area contributed by atoms with Gasteiger partial charge in [0.25, 0.3) is 5.91 Å². The van der Waals surface area contributed by atoms with Gasteiger partial charge in [-0.05, 0) is 46.2 Å². The normalized spacial score (nSPS) is 10.7. The van der Waals surface area contributed by atoms with E-state index in [2.05, 4.69) is 41.5 Å². The van der Waals surface area contributed by atoms with Crippen molar-refractivity contribution in [2.45, 2.75) is 13.2 Å². The van der Waals surface area contributed by atoms with E-state index < -0.39 is 5.91 Å². The van der Waals surface area contributed by atoms with E-state index in [9.17, 15) is 4.79 Å². The summed E-state index contributed by atoms with van der Waals surface area (Å²) in [6.45, 7) is 1.94. The van der Waals surface area contributed by atoms with Crippen molar-refractivity contribution in [2.24, 2.45) is 0 Å². The molecule has 0 fully saturated rings. The van der Waals surface area contributed by atoms with Gasteiger partial charge in [-0.2, -0.15) is 0 Å². The molecule has 0 unspecified atom stereocenters. The molecule has 0 saturated carbocycles. The van der Waals surface area contributed by atoms with E-state index in [-0.39, 0.29) is 11.5 Å². The number of aromatic nitrogens is 2. The molecule has 3 aromatic rings. The summed E-state index contributed by atoms with van der Waals surface area (Å²) in [4.78, 5) is 11.9. The van der Waals surface area contributed by atoms with Crippen LogP contribution in [0.1, 0.15) is 21.6 Å². The van der Waals surface area contributed by atoms with Gasteiger partial charge in [0.2, 0.25) is 11.5 Å². The maximum Gasteiger partial charge on any atom is 0.277 e. The molecule has 4 N–H and O–H groups in total. The second-order valence-electron chi connectivity index (χ2n) is 6.10. The Kier molecular flexibility index (Phi) is 7.45. The minimum absolute atomic E-state index is 0.0186. The Morgan fingerprint density at radius 2 is 1.97 bits per heavy atom. The van der Waals surface area contributed by atoms with Gasteiger partial charge in [0.15, 0.2) is 0 Å². The Morgan fingerprint density at radius 1 is 1.17 bits per heavy atom. The predicted molar refractivity (Wildman–Crippen MR) is 113 cm³/mol. The van der Waals surface area contributed by atoms with Crippen molar-refractivity contribution in [3.8, 4) is 5.75 Å². The average Bonchev–Trinajstić information content (AvgIpc) is 3.14. The summed E-state index contributed by atoms with van der Waals surface area (Å²) in [5.74, 6) is 0.313. The first-order valence-electron chi connectivity index (χ1n) is 8.75. The standard InChI is InChI=1S/C19H19BrClN5O3/c20-14-3-6-16(28-11-12-1-4-15(21)5-2-12)13(9-14)10-23-7-8-24-19(27)17-18(22)26-29-25-17/h1-6,9,23H,7-8,10-11H2,(H2,22,26)(H,24,27). The molecule has 0 aliphatic carbocycles. The van der Waals surface area contributed by atoms with Gasteiger partial charge in [-0.1, -0.05) is 39.7 Å². The smallest absolute Gasteiger partial charge is 0.277 e. The summed E-state index contributed by atoms with van der Waals surface area (Å²) >= 11 is 9.39. The number of carbonyl (C=O) groups excluding carboxylic acids is 1. The molecule has 0 spiro atoms. The third kappa shape index (κ3) is 6.18. The van der Waals surface area contributed by atoms with Crippen LogP contribution in [0.3, 0.4) is 0 Å². The number of nitrogens with one attached hydrogen (secondary N) is 2. The number of anilines is 1. The van der Waals surface area contributed by atoms with Gasteiger partial charge >= 0.3 is 0 Å². The lowest BCUT2D eigenvalue weighted by molar-refractivity contribution is 0.0944.